The molecule has 2 aliphatic heterocycles. The summed E-state index contributed by atoms with van der Waals surface area (Å²) >= 11 is 0. The van der Waals surface area contributed by atoms with Gasteiger partial charge < -0.3 is 19.5 Å². The molecule has 2 aromatic carbocycles. The van der Waals surface area contributed by atoms with Crippen LogP contribution in [0.3, 0.4) is 0 Å². The van der Waals surface area contributed by atoms with Crippen molar-refractivity contribution >= 4 is 18.3 Å². The number of methoxy groups -OCH3 is 2. The van der Waals surface area contributed by atoms with Crippen LogP contribution in [0.15, 0.2) is 36.4 Å². The molecule has 0 radical (unpaired) electrons. The Balaban J connectivity index is 0.00000272. The summed E-state index contributed by atoms with van der Waals surface area (Å²) < 4.78 is 16.5. The molecule has 2 heterocycles. The molecule has 4 rings (SSSR count). The monoisotopic (exact) mass is 446 g/mol. The molecule has 0 spiro atoms. The van der Waals surface area contributed by atoms with Crippen LogP contribution in [-0.4, -0.2) is 50.8 Å². The van der Waals surface area contributed by atoms with Crippen LogP contribution in [0, 0.1) is 0 Å². The first kappa shape index (κ1) is 23.2. The van der Waals surface area contributed by atoms with Crippen molar-refractivity contribution in [1.29, 1.82) is 0 Å². The first-order chi connectivity index (χ1) is 14.6. The van der Waals surface area contributed by atoms with Crippen molar-refractivity contribution in [3.8, 4) is 17.2 Å². The average molecular weight is 447 g/mol. The van der Waals surface area contributed by atoms with Crippen LogP contribution in [0.25, 0.3) is 0 Å². The van der Waals surface area contributed by atoms with E-state index in [4.69, 9.17) is 14.2 Å². The van der Waals surface area contributed by atoms with Gasteiger partial charge in [-0.3, -0.25) is 9.69 Å². The minimum Gasteiger partial charge on any atom is -0.494 e. The summed E-state index contributed by atoms with van der Waals surface area (Å²) in [5.41, 5.74) is 3.27. The Kier molecular flexibility index (Phi) is 7.68. The van der Waals surface area contributed by atoms with E-state index in [1.165, 1.54) is 11.1 Å². The van der Waals surface area contributed by atoms with Crippen molar-refractivity contribution in [2.75, 3.05) is 33.9 Å². The molecule has 2 aromatic rings. The number of rotatable bonds is 6. The number of nitrogens with zero attached hydrogens (tertiary/aromatic N) is 1. The second-order valence-electron chi connectivity index (χ2n) is 7.86. The minimum absolute atomic E-state index is 0. The van der Waals surface area contributed by atoms with Crippen molar-refractivity contribution in [3.05, 3.63) is 53.1 Å². The van der Waals surface area contributed by atoms with Crippen LogP contribution < -0.4 is 19.5 Å². The van der Waals surface area contributed by atoms with Gasteiger partial charge in [0.1, 0.15) is 5.75 Å². The zero-order chi connectivity index (χ0) is 21.1. The summed E-state index contributed by atoms with van der Waals surface area (Å²) in [6.45, 7) is 4.57. The number of benzene rings is 2. The Morgan fingerprint density at radius 2 is 1.81 bits per heavy atom. The molecule has 0 bridgehead atoms. The number of carbonyl (C=O) groups is 1. The summed E-state index contributed by atoms with van der Waals surface area (Å²) in [4.78, 5) is 15.3. The number of hydrogen-bond acceptors (Lipinski definition) is 5. The average Bonchev–Trinajstić information content (AvgIpc) is 2.78. The lowest BCUT2D eigenvalue weighted by molar-refractivity contribution is 0.0843. The van der Waals surface area contributed by atoms with Gasteiger partial charge in [-0.1, -0.05) is 0 Å². The quantitative estimate of drug-likeness (QED) is 0.726. The van der Waals surface area contributed by atoms with Crippen LogP contribution in [0.5, 0.6) is 17.2 Å². The van der Waals surface area contributed by atoms with E-state index in [9.17, 15) is 4.79 Å². The maximum Gasteiger partial charge on any atom is 0.251 e. The predicted octanol–water partition coefficient (Wildman–Crippen LogP) is 4.02. The zero-order valence-corrected chi connectivity index (χ0v) is 19.2. The van der Waals surface area contributed by atoms with Crippen LogP contribution in [0.4, 0.5) is 0 Å². The van der Waals surface area contributed by atoms with Crippen molar-refractivity contribution in [1.82, 2.24) is 10.2 Å². The first-order valence-electron chi connectivity index (χ1n) is 10.7. The van der Waals surface area contributed by atoms with E-state index < -0.39 is 0 Å². The maximum absolute atomic E-state index is 12.8. The summed E-state index contributed by atoms with van der Waals surface area (Å²) in [5.74, 6) is 2.30. The molecular weight excluding hydrogens is 416 g/mol. The topological polar surface area (TPSA) is 60.0 Å². The molecule has 0 saturated carbocycles. The number of nitrogens with one attached hydrogen (secondary N) is 1. The summed E-state index contributed by atoms with van der Waals surface area (Å²) in [7, 11) is 3.35. The molecule has 1 fully saturated rings. The smallest absolute Gasteiger partial charge is 0.251 e. The highest BCUT2D eigenvalue weighted by molar-refractivity contribution is 5.94. The third-order valence-corrected chi connectivity index (χ3v) is 6.15. The van der Waals surface area contributed by atoms with E-state index in [1.54, 1.807) is 14.2 Å². The summed E-state index contributed by atoms with van der Waals surface area (Å²) in [6.07, 6.45) is 2.86. The van der Waals surface area contributed by atoms with Crippen LogP contribution in [0.2, 0.25) is 0 Å². The van der Waals surface area contributed by atoms with Gasteiger partial charge >= 0.3 is 0 Å². The number of hydrogen-bond donors (Lipinski definition) is 1. The second kappa shape index (κ2) is 10.2. The molecule has 7 heteroatoms. The number of halogens is 1. The van der Waals surface area contributed by atoms with E-state index in [0.29, 0.717) is 12.2 Å². The van der Waals surface area contributed by atoms with Crippen molar-refractivity contribution in [2.24, 2.45) is 0 Å². The SMILES string of the molecule is CCOc1ccc(C(=O)NC2CCN3CCc4cc(OC)c(OC)cc4C3C2)cc1.Cl. The zero-order valence-electron chi connectivity index (χ0n) is 18.3. The van der Waals surface area contributed by atoms with Gasteiger partial charge in [0.15, 0.2) is 11.5 Å². The molecule has 2 atom stereocenters. The van der Waals surface area contributed by atoms with E-state index in [0.717, 1.165) is 49.6 Å². The fourth-order valence-corrected chi connectivity index (χ4v) is 4.60. The largest absolute Gasteiger partial charge is 0.494 e. The van der Waals surface area contributed by atoms with Gasteiger partial charge in [-0.15, -0.1) is 12.4 Å². The van der Waals surface area contributed by atoms with Gasteiger partial charge in [-0.25, -0.2) is 0 Å². The van der Waals surface area contributed by atoms with Gasteiger partial charge in [-0.2, -0.15) is 0 Å². The van der Waals surface area contributed by atoms with Crippen LogP contribution >= 0.6 is 12.4 Å². The summed E-state index contributed by atoms with van der Waals surface area (Å²) in [6, 6.07) is 12.0. The molecule has 2 aliphatic rings. The molecule has 1 saturated heterocycles. The van der Waals surface area contributed by atoms with E-state index in [1.807, 2.05) is 31.2 Å². The molecule has 1 N–H and O–H groups in total. The third kappa shape index (κ3) is 4.91. The van der Waals surface area contributed by atoms with Gasteiger partial charge in [0.2, 0.25) is 0 Å². The standard InChI is InChI=1S/C24H30N2O4.ClH/c1-4-30-19-7-5-16(6-8-19)24(27)25-18-10-12-26-11-9-17-13-22(28-2)23(29-3)15-20(17)21(26)14-18;/h5-8,13,15,18,21H,4,9-12,14H2,1-3H3,(H,25,27);1H. The third-order valence-electron chi connectivity index (χ3n) is 6.15. The Labute approximate surface area is 190 Å². The highest BCUT2D eigenvalue weighted by Crippen LogP contribution is 2.41. The Morgan fingerprint density at radius 3 is 2.48 bits per heavy atom. The molecule has 6 nitrogen and oxygen atoms in total. The second-order valence-corrected chi connectivity index (χ2v) is 7.86. The lowest BCUT2D eigenvalue weighted by atomic mass is 9.84. The summed E-state index contributed by atoms with van der Waals surface area (Å²) in [5, 5.41) is 3.24. The van der Waals surface area contributed by atoms with E-state index >= 15 is 0 Å². The number of piperidine rings is 1. The van der Waals surface area contributed by atoms with Gasteiger partial charge in [0, 0.05) is 30.7 Å². The van der Waals surface area contributed by atoms with Crippen molar-refractivity contribution in [2.45, 2.75) is 38.3 Å². The Morgan fingerprint density at radius 1 is 1.10 bits per heavy atom. The predicted molar refractivity (Wildman–Crippen MR) is 123 cm³/mol. The van der Waals surface area contributed by atoms with Gasteiger partial charge in [-0.05, 0) is 73.7 Å². The number of ether oxygens (including phenoxy) is 3. The Bertz CT molecular complexity index is 903. The lowest BCUT2D eigenvalue weighted by Gasteiger charge is -2.43. The van der Waals surface area contributed by atoms with Crippen molar-refractivity contribution in [3.63, 3.8) is 0 Å². The number of carbonyl (C=O) groups excluding carboxylic acids is 1. The minimum atomic E-state index is -0.0279. The van der Waals surface area contributed by atoms with Gasteiger partial charge in [0.25, 0.3) is 5.91 Å². The highest BCUT2D eigenvalue weighted by atomic mass is 35.5. The highest BCUT2D eigenvalue weighted by Gasteiger charge is 2.35. The Hall–Kier alpha value is -2.44. The number of fused-ring (bicyclic) bond motifs is 3. The molecular formula is C24H31ClN2O4. The van der Waals surface area contributed by atoms with E-state index in [-0.39, 0.29) is 30.4 Å². The molecule has 168 valence electrons. The maximum atomic E-state index is 12.8. The fourth-order valence-electron chi connectivity index (χ4n) is 4.60. The molecule has 31 heavy (non-hydrogen) atoms. The number of amides is 1. The molecule has 0 aliphatic carbocycles. The normalized spacial score (nSPS) is 20.0. The first-order valence-corrected chi connectivity index (χ1v) is 10.7. The molecule has 0 aromatic heterocycles. The van der Waals surface area contributed by atoms with Gasteiger partial charge in [0.05, 0.1) is 20.8 Å². The van der Waals surface area contributed by atoms with Crippen LogP contribution in [-0.2, 0) is 6.42 Å². The lowest BCUT2D eigenvalue weighted by Crippen LogP contribution is -2.48. The van der Waals surface area contributed by atoms with Crippen LogP contribution in [0.1, 0.15) is 47.3 Å². The fraction of sp³-hybridized carbons (Fsp3) is 0.458. The van der Waals surface area contributed by atoms with Crippen molar-refractivity contribution < 1.29 is 19.0 Å². The molecule has 1 amide bonds. The van der Waals surface area contributed by atoms with E-state index in [2.05, 4.69) is 22.3 Å². The molecule has 2 unspecified atom stereocenters.